The zero-order valence-electron chi connectivity index (χ0n) is 11.0. The molecule has 0 saturated carbocycles. The molecule has 0 aliphatic carbocycles. The lowest BCUT2D eigenvalue weighted by Gasteiger charge is -2.26. The number of hydrogen-bond donors (Lipinski definition) is 0. The lowest BCUT2D eigenvalue weighted by atomic mass is 10.1. The lowest BCUT2D eigenvalue weighted by molar-refractivity contribution is -0.140. The summed E-state index contributed by atoms with van der Waals surface area (Å²) in [5.41, 5.74) is 2.58. The Morgan fingerprint density at radius 2 is 2.00 bits per heavy atom. The Morgan fingerprint density at radius 3 is 2.61 bits per heavy atom. The SMILES string of the molecule is CCc1ccc(CCC(=O)N2CCCOC2)cc1. The Hall–Kier alpha value is -1.35. The summed E-state index contributed by atoms with van der Waals surface area (Å²) in [5, 5.41) is 0. The Bertz CT molecular complexity index is 380. The van der Waals surface area contributed by atoms with Crippen molar-refractivity contribution in [1.82, 2.24) is 4.90 Å². The molecule has 98 valence electrons. The molecule has 1 saturated heterocycles. The van der Waals surface area contributed by atoms with Crippen LogP contribution >= 0.6 is 0 Å². The number of nitrogens with zero attached hydrogens (tertiary/aromatic N) is 1. The molecule has 1 aliphatic rings. The van der Waals surface area contributed by atoms with Crippen LogP contribution in [-0.4, -0.2) is 30.7 Å². The maximum Gasteiger partial charge on any atom is 0.224 e. The molecule has 1 heterocycles. The molecule has 1 aliphatic heterocycles. The summed E-state index contributed by atoms with van der Waals surface area (Å²) in [4.78, 5) is 13.7. The highest BCUT2D eigenvalue weighted by Crippen LogP contribution is 2.10. The van der Waals surface area contributed by atoms with Crippen molar-refractivity contribution in [2.75, 3.05) is 19.9 Å². The van der Waals surface area contributed by atoms with Crippen LogP contribution in [0.15, 0.2) is 24.3 Å². The third kappa shape index (κ3) is 3.57. The van der Waals surface area contributed by atoms with Gasteiger partial charge < -0.3 is 9.64 Å². The molecule has 2 rings (SSSR count). The van der Waals surface area contributed by atoms with E-state index in [1.54, 1.807) is 0 Å². The molecular weight excluding hydrogens is 226 g/mol. The number of ether oxygens (including phenoxy) is 1. The first-order valence-corrected chi connectivity index (χ1v) is 6.73. The average Bonchev–Trinajstić information content (AvgIpc) is 2.46. The topological polar surface area (TPSA) is 29.5 Å². The van der Waals surface area contributed by atoms with Crippen LogP contribution in [0.25, 0.3) is 0 Å². The van der Waals surface area contributed by atoms with E-state index in [-0.39, 0.29) is 5.91 Å². The van der Waals surface area contributed by atoms with E-state index in [4.69, 9.17) is 4.74 Å². The van der Waals surface area contributed by atoms with E-state index in [1.807, 2.05) is 4.90 Å². The molecule has 1 amide bonds. The fourth-order valence-electron chi connectivity index (χ4n) is 2.14. The second-order valence-electron chi connectivity index (χ2n) is 4.72. The molecule has 1 fully saturated rings. The molecular formula is C15H21NO2. The maximum atomic E-state index is 11.9. The van der Waals surface area contributed by atoms with Crippen molar-refractivity contribution in [3.8, 4) is 0 Å². The smallest absolute Gasteiger partial charge is 0.224 e. The molecule has 0 aromatic heterocycles. The third-order valence-electron chi connectivity index (χ3n) is 3.38. The van der Waals surface area contributed by atoms with E-state index in [0.717, 1.165) is 32.4 Å². The largest absolute Gasteiger partial charge is 0.361 e. The number of rotatable bonds is 4. The molecule has 0 atom stereocenters. The second-order valence-corrected chi connectivity index (χ2v) is 4.72. The number of hydrogen-bond acceptors (Lipinski definition) is 2. The van der Waals surface area contributed by atoms with Gasteiger partial charge in [0.05, 0.1) is 6.61 Å². The van der Waals surface area contributed by atoms with E-state index in [0.29, 0.717) is 13.2 Å². The summed E-state index contributed by atoms with van der Waals surface area (Å²) in [6.45, 7) is 4.23. The van der Waals surface area contributed by atoms with Crippen molar-refractivity contribution in [2.24, 2.45) is 0 Å². The molecule has 1 aromatic carbocycles. The van der Waals surface area contributed by atoms with Gasteiger partial charge in [-0.25, -0.2) is 0 Å². The highest BCUT2D eigenvalue weighted by Gasteiger charge is 2.16. The third-order valence-corrected chi connectivity index (χ3v) is 3.38. The summed E-state index contributed by atoms with van der Waals surface area (Å²) in [5.74, 6) is 0.203. The fourth-order valence-corrected chi connectivity index (χ4v) is 2.14. The van der Waals surface area contributed by atoms with Gasteiger partial charge >= 0.3 is 0 Å². The van der Waals surface area contributed by atoms with E-state index < -0.39 is 0 Å². The van der Waals surface area contributed by atoms with Gasteiger partial charge in [-0.2, -0.15) is 0 Å². The number of benzene rings is 1. The van der Waals surface area contributed by atoms with E-state index in [1.165, 1.54) is 11.1 Å². The molecule has 0 unspecified atom stereocenters. The number of aryl methyl sites for hydroxylation is 2. The number of amides is 1. The minimum absolute atomic E-state index is 0.203. The summed E-state index contributed by atoms with van der Waals surface area (Å²) in [6, 6.07) is 8.53. The van der Waals surface area contributed by atoms with Crippen LogP contribution in [0.4, 0.5) is 0 Å². The zero-order chi connectivity index (χ0) is 12.8. The van der Waals surface area contributed by atoms with Crippen molar-refractivity contribution in [3.05, 3.63) is 35.4 Å². The number of carbonyl (C=O) groups excluding carboxylic acids is 1. The van der Waals surface area contributed by atoms with Crippen LogP contribution in [0.1, 0.15) is 30.9 Å². The number of carbonyl (C=O) groups is 1. The lowest BCUT2D eigenvalue weighted by Crippen LogP contribution is -2.38. The van der Waals surface area contributed by atoms with Crippen molar-refractivity contribution < 1.29 is 9.53 Å². The van der Waals surface area contributed by atoms with E-state index >= 15 is 0 Å². The van der Waals surface area contributed by atoms with Crippen molar-refractivity contribution in [2.45, 2.75) is 32.6 Å². The van der Waals surface area contributed by atoms with Gasteiger partial charge in [-0.05, 0) is 30.4 Å². The van der Waals surface area contributed by atoms with Gasteiger partial charge in [-0.3, -0.25) is 4.79 Å². The first-order chi connectivity index (χ1) is 8.79. The Labute approximate surface area is 109 Å². The summed E-state index contributed by atoms with van der Waals surface area (Å²) in [7, 11) is 0. The first kappa shape index (κ1) is 13.1. The van der Waals surface area contributed by atoms with Gasteiger partial charge in [0.2, 0.25) is 5.91 Å². The van der Waals surface area contributed by atoms with Crippen LogP contribution in [-0.2, 0) is 22.4 Å². The van der Waals surface area contributed by atoms with Gasteiger partial charge in [-0.1, -0.05) is 31.2 Å². The Kier molecular flexibility index (Phi) is 4.76. The fraction of sp³-hybridized carbons (Fsp3) is 0.533. The van der Waals surface area contributed by atoms with Crippen molar-refractivity contribution in [1.29, 1.82) is 0 Å². The van der Waals surface area contributed by atoms with Crippen LogP contribution in [0, 0.1) is 0 Å². The predicted octanol–water partition coefficient (Wildman–Crippen LogP) is 2.39. The zero-order valence-corrected chi connectivity index (χ0v) is 11.0. The van der Waals surface area contributed by atoms with Gasteiger partial charge in [-0.15, -0.1) is 0 Å². The monoisotopic (exact) mass is 247 g/mol. The summed E-state index contributed by atoms with van der Waals surface area (Å²) in [6.07, 6.45) is 3.41. The Balaban J connectivity index is 1.80. The quantitative estimate of drug-likeness (QED) is 0.817. The second kappa shape index (κ2) is 6.55. The predicted molar refractivity (Wildman–Crippen MR) is 71.3 cm³/mol. The van der Waals surface area contributed by atoms with Crippen molar-refractivity contribution in [3.63, 3.8) is 0 Å². The van der Waals surface area contributed by atoms with Gasteiger partial charge in [0.1, 0.15) is 6.73 Å². The van der Waals surface area contributed by atoms with Gasteiger partial charge in [0.25, 0.3) is 0 Å². The minimum Gasteiger partial charge on any atom is -0.361 e. The van der Waals surface area contributed by atoms with Crippen LogP contribution in [0.5, 0.6) is 0 Å². The summed E-state index contributed by atoms with van der Waals surface area (Å²) >= 11 is 0. The molecule has 3 heteroatoms. The molecule has 0 bridgehead atoms. The molecule has 3 nitrogen and oxygen atoms in total. The van der Waals surface area contributed by atoms with Crippen LogP contribution in [0.3, 0.4) is 0 Å². The van der Waals surface area contributed by atoms with Gasteiger partial charge in [0.15, 0.2) is 0 Å². The Morgan fingerprint density at radius 1 is 1.28 bits per heavy atom. The highest BCUT2D eigenvalue weighted by atomic mass is 16.5. The van der Waals surface area contributed by atoms with Crippen LogP contribution < -0.4 is 0 Å². The van der Waals surface area contributed by atoms with Gasteiger partial charge in [0, 0.05) is 13.0 Å². The average molecular weight is 247 g/mol. The minimum atomic E-state index is 0.203. The molecule has 0 radical (unpaired) electrons. The summed E-state index contributed by atoms with van der Waals surface area (Å²) < 4.78 is 5.29. The molecule has 0 spiro atoms. The molecule has 0 N–H and O–H groups in total. The normalized spacial score (nSPS) is 15.7. The van der Waals surface area contributed by atoms with E-state index in [2.05, 4.69) is 31.2 Å². The standard InChI is InChI=1S/C15H21NO2/c1-2-13-4-6-14(7-5-13)8-9-15(17)16-10-3-11-18-12-16/h4-7H,2-3,8-12H2,1H3. The molecule has 1 aromatic rings. The van der Waals surface area contributed by atoms with Crippen molar-refractivity contribution >= 4 is 5.91 Å². The highest BCUT2D eigenvalue weighted by molar-refractivity contribution is 5.76. The first-order valence-electron chi connectivity index (χ1n) is 6.73. The van der Waals surface area contributed by atoms with Crippen LogP contribution in [0.2, 0.25) is 0 Å². The maximum absolute atomic E-state index is 11.9. The van der Waals surface area contributed by atoms with E-state index in [9.17, 15) is 4.79 Å². The molecule has 18 heavy (non-hydrogen) atoms.